The number of hydrogen-bond donors (Lipinski definition) is 1. The Kier molecular flexibility index (Phi) is 5.77. The zero-order chi connectivity index (χ0) is 22.1. The third-order valence-electron chi connectivity index (χ3n) is 4.18. The Balaban J connectivity index is 1.90. The van der Waals surface area contributed by atoms with E-state index in [2.05, 4.69) is 10.4 Å². The van der Waals surface area contributed by atoms with Gasteiger partial charge in [-0.15, -0.1) is 0 Å². The van der Waals surface area contributed by atoms with E-state index in [-0.39, 0.29) is 22.7 Å². The van der Waals surface area contributed by atoms with Crippen LogP contribution in [-0.2, 0) is 13.2 Å². The van der Waals surface area contributed by atoms with E-state index >= 15 is 0 Å². The number of para-hydroxylation sites is 2. The van der Waals surface area contributed by atoms with Crippen molar-refractivity contribution in [3.63, 3.8) is 0 Å². The van der Waals surface area contributed by atoms with Crippen molar-refractivity contribution in [3.8, 4) is 11.5 Å². The summed E-state index contributed by atoms with van der Waals surface area (Å²) in [6.45, 7) is 1.57. The molecular weight excluding hydrogens is 409 g/mol. The summed E-state index contributed by atoms with van der Waals surface area (Å²) in [6.07, 6.45) is -6.35. The topological polar surface area (TPSA) is 56.1 Å². The number of ether oxygens (including phenoxy) is 1. The highest BCUT2D eigenvalue weighted by Crippen LogP contribution is 2.36. The van der Waals surface area contributed by atoms with E-state index in [1.807, 2.05) is 0 Å². The second-order valence-electron chi connectivity index (χ2n) is 6.43. The lowest BCUT2D eigenvalue weighted by Crippen LogP contribution is -2.14. The minimum absolute atomic E-state index is 0.0516. The van der Waals surface area contributed by atoms with Crippen molar-refractivity contribution in [2.75, 3.05) is 5.32 Å². The highest BCUT2D eigenvalue weighted by atomic mass is 19.4. The first kappa shape index (κ1) is 21.3. The summed E-state index contributed by atoms with van der Waals surface area (Å²) in [4.78, 5) is 12.5. The van der Waals surface area contributed by atoms with Crippen molar-refractivity contribution in [1.82, 2.24) is 9.78 Å². The molecule has 3 rings (SSSR count). The number of aryl methyl sites for hydroxylation is 2. The molecule has 0 saturated carbocycles. The molecule has 1 amide bonds. The number of benzene rings is 2. The Morgan fingerprint density at radius 1 is 1.13 bits per heavy atom. The van der Waals surface area contributed by atoms with Crippen molar-refractivity contribution in [2.24, 2.45) is 7.05 Å². The van der Waals surface area contributed by atoms with Gasteiger partial charge in [0.25, 0.3) is 12.3 Å². The van der Waals surface area contributed by atoms with Crippen LogP contribution in [0.1, 0.15) is 33.6 Å². The molecule has 5 nitrogen and oxygen atoms in total. The number of rotatable bonds is 5. The molecule has 0 radical (unpaired) electrons. The molecular formula is C20H16F5N3O2. The average molecular weight is 425 g/mol. The monoisotopic (exact) mass is 425 g/mol. The summed E-state index contributed by atoms with van der Waals surface area (Å²) in [5.74, 6) is -0.854. The molecule has 0 fully saturated rings. The maximum Gasteiger partial charge on any atom is 0.416 e. The Hall–Kier alpha value is -3.43. The van der Waals surface area contributed by atoms with Crippen LogP contribution in [0.2, 0.25) is 0 Å². The second-order valence-corrected chi connectivity index (χ2v) is 6.43. The summed E-state index contributed by atoms with van der Waals surface area (Å²) < 4.78 is 71.9. The molecule has 0 atom stereocenters. The number of nitrogens with zero attached hydrogens (tertiary/aromatic N) is 2. The molecule has 3 aromatic rings. The van der Waals surface area contributed by atoms with E-state index in [1.54, 1.807) is 19.1 Å². The standard InChI is InChI=1S/C20H16F5N3O2/c1-11-7-8-12(20(23,24)25)9-16(11)30-15-6-4-3-5-14(15)26-19(29)13-10-28(2)27-17(13)18(21)22/h3-10,18H,1-2H3,(H,26,29). The van der Waals surface area contributed by atoms with Crippen LogP contribution in [0.3, 0.4) is 0 Å². The van der Waals surface area contributed by atoms with Crippen LogP contribution >= 0.6 is 0 Å². The van der Waals surface area contributed by atoms with Gasteiger partial charge in [0.15, 0.2) is 5.75 Å². The molecule has 0 aliphatic heterocycles. The number of anilines is 1. The Bertz CT molecular complexity index is 1080. The van der Waals surface area contributed by atoms with Crippen LogP contribution in [0.25, 0.3) is 0 Å². The summed E-state index contributed by atoms with van der Waals surface area (Å²) in [7, 11) is 1.40. The fraction of sp³-hybridized carbons (Fsp3) is 0.200. The SMILES string of the molecule is Cc1ccc(C(F)(F)F)cc1Oc1ccccc1NC(=O)c1cn(C)nc1C(F)F. The lowest BCUT2D eigenvalue weighted by molar-refractivity contribution is -0.137. The van der Waals surface area contributed by atoms with Crippen LogP contribution in [0, 0.1) is 6.92 Å². The molecule has 30 heavy (non-hydrogen) atoms. The minimum Gasteiger partial charge on any atom is -0.455 e. The molecule has 0 saturated heterocycles. The molecule has 1 N–H and O–H groups in total. The quantitative estimate of drug-likeness (QED) is 0.531. The van der Waals surface area contributed by atoms with Gasteiger partial charge in [0.1, 0.15) is 11.4 Å². The van der Waals surface area contributed by atoms with Gasteiger partial charge in [0, 0.05) is 13.2 Å². The van der Waals surface area contributed by atoms with Gasteiger partial charge in [0.05, 0.1) is 16.8 Å². The van der Waals surface area contributed by atoms with Gasteiger partial charge < -0.3 is 10.1 Å². The summed E-state index contributed by atoms with van der Waals surface area (Å²) in [5.41, 5.74) is -1.35. The van der Waals surface area contributed by atoms with Gasteiger partial charge in [-0.05, 0) is 36.8 Å². The van der Waals surface area contributed by atoms with Crippen LogP contribution in [0.4, 0.5) is 27.6 Å². The smallest absolute Gasteiger partial charge is 0.416 e. The predicted molar refractivity (Wildman–Crippen MR) is 98.8 cm³/mol. The van der Waals surface area contributed by atoms with Gasteiger partial charge in [-0.25, -0.2) is 8.78 Å². The van der Waals surface area contributed by atoms with Gasteiger partial charge in [-0.1, -0.05) is 18.2 Å². The van der Waals surface area contributed by atoms with Crippen molar-refractivity contribution < 1.29 is 31.5 Å². The molecule has 0 unspecified atom stereocenters. The molecule has 0 spiro atoms. The molecule has 2 aromatic carbocycles. The van der Waals surface area contributed by atoms with Crippen LogP contribution in [-0.4, -0.2) is 15.7 Å². The molecule has 1 aromatic heterocycles. The van der Waals surface area contributed by atoms with Gasteiger partial charge in [0.2, 0.25) is 0 Å². The lowest BCUT2D eigenvalue weighted by Gasteiger charge is -2.15. The maximum absolute atomic E-state index is 13.1. The zero-order valence-electron chi connectivity index (χ0n) is 15.8. The highest BCUT2D eigenvalue weighted by Gasteiger charge is 2.31. The fourth-order valence-corrected chi connectivity index (χ4v) is 2.70. The number of aromatic nitrogens is 2. The van der Waals surface area contributed by atoms with Crippen LogP contribution in [0.5, 0.6) is 11.5 Å². The number of amides is 1. The zero-order valence-corrected chi connectivity index (χ0v) is 15.8. The fourth-order valence-electron chi connectivity index (χ4n) is 2.70. The third kappa shape index (κ3) is 4.58. The highest BCUT2D eigenvalue weighted by molar-refractivity contribution is 6.05. The van der Waals surface area contributed by atoms with Crippen LogP contribution < -0.4 is 10.1 Å². The Morgan fingerprint density at radius 2 is 1.83 bits per heavy atom. The number of hydrogen-bond acceptors (Lipinski definition) is 3. The first-order valence-corrected chi connectivity index (χ1v) is 8.64. The molecule has 10 heteroatoms. The Morgan fingerprint density at radius 3 is 2.50 bits per heavy atom. The number of halogens is 5. The number of nitrogens with one attached hydrogen (secondary N) is 1. The number of carbonyl (C=O) groups excluding carboxylic acids is 1. The van der Waals surface area contributed by atoms with Crippen molar-refractivity contribution in [1.29, 1.82) is 0 Å². The first-order valence-electron chi connectivity index (χ1n) is 8.64. The van der Waals surface area contributed by atoms with Crippen molar-refractivity contribution >= 4 is 11.6 Å². The largest absolute Gasteiger partial charge is 0.455 e. The first-order chi connectivity index (χ1) is 14.1. The molecule has 158 valence electrons. The van der Waals surface area contributed by atoms with Crippen molar-refractivity contribution in [3.05, 3.63) is 71.0 Å². The average Bonchev–Trinajstić information content (AvgIpc) is 3.06. The lowest BCUT2D eigenvalue weighted by atomic mass is 10.1. The molecule has 0 aliphatic rings. The predicted octanol–water partition coefficient (Wildman–Crippen LogP) is 5.73. The van der Waals surface area contributed by atoms with Gasteiger partial charge >= 0.3 is 6.18 Å². The van der Waals surface area contributed by atoms with Gasteiger partial charge in [-0.3, -0.25) is 9.48 Å². The van der Waals surface area contributed by atoms with Gasteiger partial charge in [-0.2, -0.15) is 18.3 Å². The minimum atomic E-state index is -4.55. The summed E-state index contributed by atoms with van der Waals surface area (Å²) >= 11 is 0. The summed E-state index contributed by atoms with van der Waals surface area (Å²) in [5, 5.41) is 6.02. The van der Waals surface area contributed by atoms with E-state index in [0.29, 0.717) is 5.56 Å². The number of carbonyl (C=O) groups is 1. The van der Waals surface area contributed by atoms with E-state index in [0.717, 1.165) is 23.0 Å². The van der Waals surface area contributed by atoms with E-state index < -0.39 is 29.8 Å². The second kappa shape index (κ2) is 8.13. The summed E-state index contributed by atoms with van der Waals surface area (Å²) in [6, 6.07) is 9.04. The Labute approximate surface area is 168 Å². The third-order valence-corrected chi connectivity index (χ3v) is 4.18. The van der Waals surface area contributed by atoms with E-state index in [9.17, 15) is 26.7 Å². The normalized spacial score (nSPS) is 11.6. The van der Waals surface area contributed by atoms with Crippen molar-refractivity contribution in [2.45, 2.75) is 19.5 Å². The molecule has 0 bridgehead atoms. The van der Waals surface area contributed by atoms with E-state index in [1.165, 1.54) is 25.2 Å². The molecule has 0 aliphatic carbocycles. The van der Waals surface area contributed by atoms with Crippen LogP contribution in [0.15, 0.2) is 48.7 Å². The maximum atomic E-state index is 13.1. The molecule has 1 heterocycles. The van der Waals surface area contributed by atoms with E-state index in [4.69, 9.17) is 4.74 Å². The number of alkyl halides is 5.